The predicted molar refractivity (Wildman–Crippen MR) is 113 cm³/mol. The summed E-state index contributed by atoms with van der Waals surface area (Å²) in [7, 11) is 0. The Hall–Kier alpha value is -2.99. The first-order valence-corrected chi connectivity index (χ1v) is 10.4. The molecule has 2 fully saturated rings. The van der Waals surface area contributed by atoms with Gasteiger partial charge in [-0.2, -0.15) is 0 Å². The second kappa shape index (κ2) is 8.79. The molecule has 0 spiro atoms. The molecule has 0 aromatic heterocycles. The van der Waals surface area contributed by atoms with Crippen molar-refractivity contribution in [1.29, 1.82) is 0 Å². The largest absolute Gasteiger partial charge is 0.368 e. The lowest BCUT2D eigenvalue weighted by Crippen LogP contribution is -2.52. The summed E-state index contributed by atoms with van der Waals surface area (Å²) in [6, 6.07) is 14.8. The molecular weight excluding hydrogens is 380 g/mol. The highest BCUT2D eigenvalue weighted by molar-refractivity contribution is 6.01. The van der Waals surface area contributed by atoms with Crippen LogP contribution in [0.1, 0.15) is 40.5 Å². The summed E-state index contributed by atoms with van der Waals surface area (Å²) in [6.45, 7) is 4.32. The molecule has 0 unspecified atom stereocenters. The first-order chi connectivity index (χ1) is 14.5. The van der Waals surface area contributed by atoms with Crippen LogP contribution in [0.2, 0.25) is 0 Å². The number of nitrogens with zero attached hydrogens (tertiary/aromatic N) is 2. The first-order valence-electron chi connectivity index (χ1n) is 10.4. The van der Waals surface area contributed by atoms with Crippen molar-refractivity contribution in [1.82, 2.24) is 9.80 Å². The molecule has 0 bridgehead atoms. The maximum Gasteiger partial charge on any atom is 0.253 e. The number of hydrogen-bond donors (Lipinski definition) is 0. The van der Waals surface area contributed by atoms with Gasteiger partial charge in [-0.1, -0.05) is 36.4 Å². The van der Waals surface area contributed by atoms with Gasteiger partial charge in [0.15, 0.2) is 5.78 Å². The minimum Gasteiger partial charge on any atom is -0.368 e. The van der Waals surface area contributed by atoms with Gasteiger partial charge in [0.25, 0.3) is 11.8 Å². The first kappa shape index (κ1) is 20.3. The van der Waals surface area contributed by atoms with Gasteiger partial charge in [0.05, 0.1) is 0 Å². The standard InChI is InChI=1S/C24H26N2O4/c1-17(27)20-5-2-3-6-21(20)18-8-10-19(11-9-18)23(28)25-12-14-26(15-13-25)24(29)22-7-4-16-30-22/h2-3,5-6,8-11,22H,4,7,12-16H2,1H3/t22-/m0/s1. The summed E-state index contributed by atoms with van der Waals surface area (Å²) in [5.74, 6) is 0.0277. The van der Waals surface area contributed by atoms with Gasteiger partial charge in [0.2, 0.25) is 0 Å². The van der Waals surface area contributed by atoms with Crippen LogP contribution in [-0.4, -0.2) is 66.3 Å². The van der Waals surface area contributed by atoms with Gasteiger partial charge >= 0.3 is 0 Å². The average molecular weight is 406 g/mol. The van der Waals surface area contributed by atoms with Crippen LogP contribution >= 0.6 is 0 Å². The minimum absolute atomic E-state index is 0.0150. The molecule has 6 nitrogen and oxygen atoms in total. The Morgan fingerprint density at radius 1 is 0.900 bits per heavy atom. The molecule has 0 N–H and O–H groups in total. The molecule has 2 aromatic carbocycles. The van der Waals surface area contributed by atoms with E-state index < -0.39 is 0 Å². The minimum atomic E-state index is -0.308. The van der Waals surface area contributed by atoms with E-state index in [2.05, 4.69) is 0 Å². The maximum absolute atomic E-state index is 12.9. The Labute approximate surface area is 176 Å². The molecule has 0 aliphatic carbocycles. The van der Waals surface area contributed by atoms with Crippen LogP contribution in [-0.2, 0) is 9.53 Å². The van der Waals surface area contributed by atoms with Crippen molar-refractivity contribution in [2.24, 2.45) is 0 Å². The molecule has 2 saturated heterocycles. The number of rotatable bonds is 4. The summed E-state index contributed by atoms with van der Waals surface area (Å²) in [5.41, 5.74) is 3.05. The molecule has 2 aromatic rings. The van der Waals surface area contributed by atoms with Crippen molar-refractivity contribution in [3.05, 3.63) is 59.7 Å². The molecular formula is C24H26N2O4. The molecule has 4 rings (SSSR count). The topological polar surface area (TPSA) is 66.9 Å². The highest BCUT2D eigenvalue weighted by atomic mass is 16.5. The van der Waals surface area contributed by atoms with Crippen molar-refractivity contribution in [3.8, 4) is 11.1 Å². The third kappa shape index (κ3) is 4.14. The van der Waals surface area contributed by atoms with E-state index in [1.807, 2.05) is 41.3 Å². The van der Waals surface area contributed by atoms with Crippen LogP contribution in [0.5, 0.6) is 0 Å². The molecule has 0 radical (unpaired) electrons. The highest BCUT2D eigenvalue weighted by Crippen LogP contribution is 2.25. The SMILES string of the molecule is CC(=O)c1ccccc1-c1ccc(C(=O)N2CCN(C(=O)[C@@H]3CCCO3)CC2)cc1. The van der Waals surface area contributed by atoms with Gasteiger partial charge in [0, 0.05) is 43.9 Å². The second-order valence-corrected chi connectivity index (χ2v) is 7.80. The third-order valence-corrected chi connectivity index (χ3v) is 5.83. The van der Waals surface area contributed by atoms with E-state index in [0.29, 0.717) is 43.9 Å². The quantitative estimate of drug-likeness (QED) is 0.732. The number of ketones is 1. The summed E-state index contributed by atoms with van der Waals surface area (Å²) >= 11 is 0. The summed E-state index contributed by atoms with van der Waals surface area (Å²) in [4.78, 5) is 40.8. The van der Waals surface area contributed by atoms with Crippen LogP contribution in [0.25, 0.3) is 11.1 Å². The van der Waals surface area contributed by atoms with Crippen molar-refractivity contribution < 1.29 is 19.1 Å². The number of Topliss-reactive ketones (excluding diaryl/α,β-unsaturated/α-hetero) is 1. The Morgan fingerprint density at radius 2 is 1.57 bits per heavy atom. The Balaban J connectivity index is 1.40. The number of carbonyl (C=O) groups excluding carboxylic acids is 3. The fraction of sp³-hybridized carbons (Fsp3) is 0.375. The molecule has 30 heavy (non-hydrogen) atoms. The van der Waals surface area contributed by atoms with E-state index in [1.54, 1.807) is 24.0 Å². The molecule has 2 aliphatic rings. The van der Waals surface area contributed by atoms with E-state index >= 15 is 0 Å². The van der Waals surface area contributed by atoms with Gasteiger partial charge in [-0.15, -0.1) is 0 Å². The molecule has 2 aliphatic heterocycles. The van der Waals surface area contributed by atoms with Crippen molar-refractivity contribution in [3.63, 3.8) is 0 Å². The monoisotopic (exact) mass is 406 g/mol. The second-order valence-electron chi connectivity index (χ2n) is 7.80. The van der Waals surface area contributed by atoms with Gasteiger partial charge in [-0.05, 0) is 43.0 Å². The number of benzene rings is 2. The summed E-state index contributed by atoms with van der Waals surface area (Å²) in [5, 5.41) is 0. The van der Waals surface area contributed by atoms with E-state index in [9.17, 15) is 14.4 Å². The van der Waals surface area contributed by atoms with Crippen LogP contribution in [0.4, 0.5) is 0 Å². The zero-order valence-corrected chi connectivity index (χ0v) is 17.2. The molecule has 2 amide bonds. The highest BCUT2D eigenvalue weighted by Gasteiger charge is 2.31. The Kier molecular flexibility index (Phi) is 5.95. The number of ether oxygens (including phenoxy) is 1. The number of piperazine rings is 1. The number of carbonyl (C=O) groups is 3. The van der Waals surface area contributed by atoms with Crippen molar-refractivity contribution >= 4 is 17.6 Å². The van der Waals surface area contributed by atoms with E-state index in [1.165, 1.54) is 0 Å². The smallest absolute Gasteiger partial charge is 0.253 e. The van der Waals surface area contributed by atoms with Crippen LogP contribution in [0.3, 0.4) is 0 Å². The normalized spacial score (nSPS) is 19.0. The fourth-order valence-corrected chi connectivity index (χ4v) is 4.12. The Morgan fingerprint density at radius 3 is 2.20 bits per heavy atom. The lowest BCUT2D eigenvalue weighted by molar-refractivity contribution is -0.142. The lowest BCUT2D eigenvalue weighted by atomic mass is 9.96. The van der Waals surface area contributed by atoms with E-state index in [4.69, 9.17) is 4.74 Å². The summed E-state index contributed by atoms with van der Waals surface area (Å²) < 4.78 is 5.49. The molecule has 1 atom stereocenters. The fourth-order valence-electron chi connectivity index (χ4n) is 4.12. The van der Waals surface area contributed by atoms with Gasteiger partial charge in [-0.25, -0.2) is 0 Å². The Bertz CT molecular complexity index is 940. The number of amides is 2. The van der Waals surface area contributed by atoms with Gasteiger partial charge < -0.3 is 14.5 Å². The van der Waals surface area contributed by atoms with Crippen molar-refractivity contribution in [2.75, 3.05) is 32.8 Å². The van der Waals surface area contributed by atoms with Gasteiger partial charge in [0.1, 0.15) is 6.10 Å². The van der Waals surface area contributed by atoms with E-state index in [-0.39, 0.29) is 23.7 Å². The number of hydrogen-bond acceptors (Lipinski definition) is 4. The molecule has 6 heteroatoms. The van der Waals surface area contributed by atoms with Gasteiger partial charge in [-0.3, -0.25) is 14.4 Å². The third-order valence-electron chi connectivity index (χ3n) is 5.83. The van der Waals surface area contributed by atoms with E-state index in [0.717, 1.165) is 24.0 Å². The summed E-state index contributed by atoms with van der Waals surface area (Å²) in [6.07, 6.45) is 1.41. The van der Waals surface area contributed by atoms with Crippen LogP contribution in [0.15, 0.2) is 48.5 Å². The van der Waals surface area contributed by atoms with Crippen LogP contribution in [0, 0.1) is 0 Å². The van der Waals surface area contributed by atoms with Crippen LogP contribution < -0.4 is 0 Å². The maximum atomic E-state index is 12.9. The molecule has 156 valence electrons. The lowest BCUT2D eigenvalue weighted by Gasteiger charge is -2.35. The molecule has 2 heterocycles. The molecule has 0 saturated carbocycles. The zero-order chi connectivity index (χ0) is 21.1. The average Bonchev–Trinajstić information content (AvgIpc) is 3.33. The predicted octanol–water partition coefficient (Wildman–Crippen LogP) is 3.02. The van der Waals surface area contributed by atoms with Crippen molar-refractivity contribution in [2.45, 2.75) is 25.9 Å². The zero-order valence-electron chi connectivity index (χ0n) is 17.2.